The summed E-state index contributed by atoms with van der Waals surface area (Å²) >= 11 is 1.34. The molecule has 0 bridgehead atoms. The second-order valence-electron chi connectivity index (χ2n) is 6.52. The minimum absolute atomic E-state index is 0.101. The molecular weight excluding hydrogens is 366 g/mol. The molecule has 4 aromatic rings. The molecule has 27 heavy (non-hydrogen) atoms. The predicted octanol–water partition coefficient (Wildman–Crippen LogP) is 5.52. The van der Waals surface area contributed by atoms with Gasteiger partial charge in [-0.15, -0.1) is 11.3 Å². The van der Waals surface area contributed by atoms with E-state index in [4.69, 9.17) is 0 Å². The quantitative estimate of drug-likeness (QED) is 0.496. The highest BCUT2D eigenvalue weighted by atomic mass is 32.1. The number of aryl methyl sites for hydroxylation is 3. The number of aromatic amines is 1. The van der Waals surface area contributed by atoms with E-state index in [0.717, 1.165) is 33.7 Å². The molecule has 0 atom stereocenters. The predicted molar refractivity (Wildman–Crippen MR) is 105 cm³/mol. The molecule has 0 unspecified atom stereocenters. The highest BCUT2D eigenvalue weighted by Gasteiger charge is 2.20. The monoisotopic (exact) mass is 382 g/mol. The summed E-state index contributed by atoms with van der Waals surface area (Å²) in [7, 11) is 0. The summed E-state index contributed by atoms with van der Waals surface area (Å²) in [4.78, 5) is 21.1. The number of H-pyrrole nitrogens is 1. The third-order valence-corrected chi connectivity index (χ3v) is 5.73. The fourth-order valence-corrected chi connectivity index (χ4v) is 4.25. The Morgan fingerprint density at radius 3 is 2.33 bits per heavy atom. The van der Waals surface area contributed by atoms with Crippen LogP contribution in [0.15, 0.2) is 41.2 Å². The third-order valence-electron chi connectivity index (χ3n) is 4.73. The van der Waals surface area contributed by atoms with Crippen LogP contribution in [0.1, 0.15) is 16.0 Å². The molecule has 0 radical (unpaired) electrons. The topological polar surface area (TPSA) is 45.8 Å². The lowest BCUT2D eigenvalue weighted by atomic mass is 9.99. The van der Waals surface area contributed by atoms with Gasteiger partial charge in [0.1, 0.15) is 22.3 Å². The largest absolute Gasteiger partial charge is 0.306 e. The van der Waals surface area contributed by atoms with Gasteiger partial charge >= 0.3 is 0 Å². The fourth-order valence-electron chi connectivity index (χ4n) is 3.21. The summed E-state index contributed by atoms with van der Waals surface area (Å²) in [5.74, 6) is -1.63. The Hall–Kier alpha value is -2.86. The van der Waals surface area contributed by atoms with Crippen LogP contribution < -0.4 is 5.56 Å². The zero-order valence-electron chi connectivity index (χ0n) is 15.0. The highest BCUT2D eigenvalue weighted by Crippen LogP contribution is 2.37. The van der Waals surface area contributed by atoms with Gasteiger partial charge in [0.25, 0.3) is 5.56 Å². The van der Waals surface area contributed by atoms with Crippen molar-refractivity contribution in [1.29, 1.82) is 0 Å². The Kier molecular flexibility index (Phi) is 4.15. The van der Waals surface area contributed by atoms with Gasteiger partial charge in [-0.25, -0.2) is 13.8 Å². The second-order valence-corrected chi connectivity index (χ2v) is 7.73. The van der Waals surface area contributed by atoms with E-state index in [1.54, 1.807) is 0 Å². The number of hydrogen-bond acceptors (Lipinski definition) is 3. The van der Waals surface area contributed by atoms with Crippen molar-refractivity contribution in [2.24, 2.45) is 0 Å². The average molecular weight is 382 g/mol. The molecule has 2 aromatic carbocycles. The smallest absolute Gasteiger partial charge is 0.260 e. The molecule has 0 saturated carbocycles. The summed E-state index contributed by atoms with van der Waals surface area (Å²) in [5, 5.41) is 0.446. The van der Waals surface area contributed by atoms with Gasteiger partial charge in [0, 0.05) is 10.4 Å². The molecule has 136 valence electrons. The minimum atomic E-state index is -0.764. The Morgan fingerprint density at radius 2 is 1.67 bits per heavy atom. The Balaban J connectivity index is 1.99. The maximum atomic E-state index is 14.1. The Labute approximate surface area is 158 Å². The Morgan fingerprint density at radius 1 is 0.963 bits per heavy atom. The van der Waals surface area contributed by atoms with Crippen LogP contribution in [0, 0.1) is 32.4 Å². The number of fused-ring (bicyclic) bond motifs is 1. The molecule has 2 aromatic heterocycles. The summed E-state index contributed by atoms with van der Waals surface area (Å²) in [6, 6.07) is 9.58. The van der Waals surface area contributed by atoms with Gasteiger partial charge in [0.05, 0.1) is 10.9 Å². The summed E-state index contributed by atoms with van der Waals surface area (Å²) < 4.78 is 28.2. The van der Waals surface area contributed by atoms with Crippen molar-refractivity contribution in [3.05, 3.63) is 74.4 Å². The van der Waals surface area contributed by atoms with Gasteiger partial charge in [0.2, 0.25) is 0 Å². The van der Waals surface area contributed by atoms with Crippen LogP contribution in [0.2, 0.25) is 0 Å². The zero-order chi connectivity index (χ0) is 19.3. The molecule has 6 heteroatoms. The van der Waals surface area contributed by atoms with Gasteiger partial charge in [-0.05, 0) is 49.6 Å². The highest BCUT2D eigenvalue weighted by molar-refractivity contribution is 7.19. The molecule has 4 rings (SSSR count). The van der Waals surface area contributed by atoms with Crippen molar-refractivity contribution in [2.45, 2.75) is 20.8 Å². The second kappa shape index (κ2) is 6.39. The SMILES string of the molecule is Cc1ccc(-c2c(C)sc3nc(-c4c(F)cccc4F)[nH]c(=O)c23)cc1C. The van der Waals surface area contributed by atoms with Gasteiger partial charge in [-0.3, -0.25) is 4.79 Å². The minimum Gasteiger partial charge on any atom is -0.306 e. The van der Waals surface area contributed by atoms with Crippen LogP contribution in [0.3, 0.4) is 0 Å². The molecule has 0 aliphatic rings. The van der Waals surface area contributed by atoms with Gasteiger partial charge < -0.3 is 4.98 Å². The van der Waals surface area contributed by atoms with Gasteiger partial charge in [0.15, 0.2) is 0 Å². The number of thiophene rings is 1. The maximum Gasteiger partial charge on any atom is 0.260 e. The number of aromatic nitrogens is 2. The lowest BCUT2D eigenvalue weighted by Gasteiger charge is -2.07. The number of nitrogens with zero attached hydrogens (tertiary/aromatic N) is 1. The van der Waals surface area contributed by atoms with Crippen molar-refractivity contribution in [1.82, 2.24) is 9.97 Å². The normalized spacial score (nSPS) is 11.3. The van der Waals surface area contributed by atoms with E-state index < -0.39 is 17.2 Å². The molecule has 0 amide bonds. The number of rotatable bonds is 2. The van der Waals surface area contributed by atoms with E-state index in [1.807, 2.05) is 39.0 Å². The molecule has 1 N–H and O–H groups in total. The number of benzene rings is 2. The molecular formula is C21H16F2N2OS. The number of halogens is 2. The maximum absolute atomic E-state index is 14.1. The van der Waals surface area contributed by atoms with Crippen LogP contribution in [-0.4, -0.2) is 9.97 Å². The van der Waals surface area contributed by atoms with E-state index >= 15 is 0 Å². The first-order chi connectivity index (χ1) is 12.9. The summed E-state index contributed by atoms with van der Waals surface area (Å²) in [6.45, 7) is 5.96. The molecule has 0 aliphatic heterocycles. The van der Waals surface area contributed by atoms with Gasteiger partial charge in [-0.2, -0.15) is 0 Å². The van der Waals surface area contributed by atoms with E-state index in [9.17, 15) is 13.6 Å². The van der Waals surface area contributed by atoms with Crippen molar-refractivity contribution >= 4 is 21.6 Å². The number of hydrogen-bond donors (Lipinski definition) is 1. The van der Waals surface area contributed by atoms with Crippen LogP contribution in [0.25, 0.3) is 32.7 Å². The van der Waals surface area contributed by atoms with Crippen LogP contribution in [0.5, 0.6) is 0 Å². The third kappa shape index (κ3) is 2.86. The molecule has 0 saturated heterocycles. The van der Waals surface area contributed by atoms with E-state index in [-0.39, 0.29) is 11.4 Å². The van der Waals surface area contributed by atoms with Crippen molar-refractivity contribution in [3.63, 3.8) is 0 Å². The number of nitrogens with one attached hydrogen (secondary N) is 1. The van der Waals surface area contributed by atoms with Crippen molar-refractivity contribution in [3.8, 4) is 22.5 Å². The molecule has 2 heterocycles. The average Bonchev–Trinajstić information content (AvgIpc) is 2.94. The zero-order valence-corrected chi connectivity index (χ0v) is 15.8. The van der Waals surface area contributed by atoms with Crippen LogP contribution in [0.4, 0.5) is 8.78 Å². The van der Waals surface area contributed by atoms with Crippen molar-refractivity contribution < 1.29 is 8.78 Å². The Bertz CT molecular complexity index is 1240. The van der Waals surface area contributed by atoms with E-state index in [2.05, 4.69) is 9.97 Å². The van der Waals surface area contributed by atoms with E-state index in [0.29, 0.717) is 10.2 Å². The van der Waals surface area contributed by atoms with Crippen LogP contribution >= 0.6 is 11.3 Å². The first-order valence-corrected chi connectivity index (χ1v) is 9.24. The standard InChI is InChI=1S/C21H16F2N2OS/c1-10-7-8-13(9-11(10)2)16-12(3)27-21-18(16)20(26)24-19(25-21)17-14(22)5-4-6-15(17)23/h4-9H,1-3H3,(H,24,25,26). The van der Waals surface area contributed by atoms with Crippen molar-refractivity contribution in [2.75, 3.05) is 0 Å². The lowest BCUT2D eigenvalue weighted by molar-refractivity contribution is 0.587. The molecule has 0 fully saturated rings. The summed E-state index contributed by atoms with van der Waals surface area (Å²) in [6.07, 6.45) is 0. The fraction of sp³-hybridized carbons (Fsp3) is 0.143. The molecule has 0 aliphatic carbocycles. The summed E-state index contributed by atoms with van der Waals surface area (Å²) in [5.41, 5.74) is 3.30. The first-order valence-electron chi connectivity index (χ1n) is 8.42. The molecule has 3 nitrogen and oxygen atoms in total. The first kappa shape index (κ1) is 17.5. The lowest BCUT2D eigenvalue weighted by Crippen LogP contribution is -2.10. The van der Waals surface area contributed by atoms with Crippen LogP contribution in [-0.2, 0) is 0 Å². The molecule has 0 spiro atoms. The van der Waals surface area contributed by atoms with Gasteiger partial charge in [-0.1, -0.05) is 24.3 Å². The van der Waals surface area contributed by atoms with E-state index in [1.165, 1.54) is 23.0 Å².